The summed E-state index contributed by atoms with van der Waals surface area (Å²) in [5.74, 6) is 0.388. The van der Waals surface area contributed by atoms with Crippen LogP contribution < -0.4 is 5.32 Å². The van der Waals surface area contributed by atoms with Crippen LogP contribution in [0.2, 0.25) is 0 Å². The van der Waals surface area contributed by atoms with Crippen molar-refractivity contribution in [3.63, 3.8) is 0 Å². The molecule has 0 aliphatic heterocycles. The number of hydrogen-bond donors (Lipinski definition) is 1. The Hall–Kier alpha value is -0.690. The Balaban J connectivity index is 2.95. The second kappa shape index (κ2) is 7.79. The second-order valence-electron chi connectivity index (χ2n) is 4.72. The first-order valence-corrected chi connectivity index (χ1v) is 7.76. The van der Waals surface area contributed by atoms with E-state index in [2.05, 4.69) is 48.7 Å². The number of non-ortho nitro benzene ring substituents is 1. The Morgan fingerprint density at radius 2 is 2.11 bits per heavy atom. The SMILES string of the molecule is CCCNC(C)C(CC)c1ccc([N+](=O)[O-])cc1I. The zero-order valence-electron chi connectivity index (χ0n) is 11.6. The minimum absolute atomic E-state index is 0.164. The molecule has 1 N–H and O–H groups in total. The molecule has 0 fully saturated rings. The van der Waals surface area contributed by atoms with Gasteiger partial charge in [-0.3, -0.25) is 10.1 Å². The highest BCUT2D eigenvalue weighted by atomic mass is 127. The fraction of sp³-hybridized carbons (Fsp3) is 0.571. The molecular weight excluding hydrogens is 355 g/mol. The summed E-state index contributed by atoms with van der Waals surface area (Å²) in [7, 11) is 0. The molecule has 0 amide bonds. The lowest BCUT2D eigenvalue weighted by atomic mass is 9.90. The summed E-state index contributed by atoms with van der Waals surface area (Å²) >= 11 is 2.20. The number of hydrogen-bond acceptors (Lipinski definition) is 3. The van der Waals surface area contributed by atoms with Gasteiger partial charge in [-0.25, -0.2) is 0 Å². The quantitative estimate of drug-likeness (QED) is 0.443. The minimum Gasteiger partial charge on any atom is -0.314 e. The molecule has 1 aromatic carbocycles. The Kier molecular flexibility index (Phi) is 6.71. The van der Waals surface area contributed by atoms with Crippen molar-refractivity contribution in [2.45, 2.75) is 45.6 Å². The number of rotatable bonds is 7. The van der Waals surface area contributed by atoms with Crippen molar-refractivity contribution in [2.75, 3.05) is 6.54 Å². The van der Waals surface area contributed by atoms with Crippen LogP contribution in [-0.2, 0) is 0 Å². The summed E-state index contributed by atoms with van der Waals surface area (Å²) in [4.78, 5) is 10.4. The largest absolute Gasteiger partial charge is 0.314 e. The van der Waals surface area contributed by atoms with Gasteiger partial charge in [-0.15, -0.1) is 0 Å². The number of nitrogens with zero attached hydrogens (tertiary/aromatic N) is 1. The van der Waals surface area contributed by atoms with E-state index in [1.54, 1.807) is 12.1 Å². The Morgan fingerprint density at radius 1 is 1.42 bits per heavy atom. The van der Waals surface area contributed by atoms with Gasteiger partial charge in [-0.2, -0.15) is 0 Å². The van der Waals surface area contributed by atoms with Crippen LogP contribution in [-0.4, -0.2) is 17.5 Å². The third-order valence-corrected chi connectivity index (χ3v) is 4.29. The molecule has 0 aliphatic carbocycles. The summed E-state index contributed by atoms with van der Waals surface area (Å²) in [5.41, 5.74) is 1.36. The van der Waals surface area contributed by atoms with E-state index in [0.717, 1.165) is 23.0 Å². The molecule has 4 nitrogen and oxygen atoms in total. The van der Waals surface area contributed by atoms with Gasteiger partial charge < -0.3 is 5.32 Å². The van der Waals surface area contributed by atoms with Gasteiger partial charge in [0.05, 0.1) is 4.92 Å². The normalized spacial score (nSPS) is 14.1. The number of nitro groups is 1. The standard InChI is InChI=1S/C14H21IN2O2/c1-4-8-16-10(3)12(5-2)13-7-6-11(17(18)19)9-14(13)15/h6-7,9-10,12,16H,4-5,8H2,1-3H3. The van der Waals surface area contributed by atoms with Crippen molar-refractivity contribution in [2.24, 2.45) is 0 Å². The molecule has 0 heterocycles. The van der Waals surface area contributed by atoms with Gasteiger partial charge in [0.2, 0.25) is 0 Å². The molecule has 0 spiro atoms. The fourth-order valence-electron chi connectivity index (χ4n) is 2.29. The monoisotopic (exact) mass is 376 g/mol. The van der Waals surface area contributed by atoms with Gasteiger partial charge in [-0.05, 0) is 60.4 Å². The van der Waals surface area contributed by atoms with Crippen molar-refractivity contribution in [3.05, 3.63) is 37.4 Å². The highest BCUT2D eigenvalue weighted by Gasteiger charge is 2.20. The van der Waals surface area contributed by atoms with Gasteiger partial charge >= 0.3 is 0 Å². The van der Waals surface area contributed by atoms with Crippen molar-refractivity contribution >= 4 is 28.3 Å². The van der Waals surface area contributed by atoms with E-state index in [-0.39, 0.29) is 10.6 Å². The van der Waals surface area contributed by atoms with Crippen molar-refractivity contribution in [1.29, 1.82) is 0 Å². The molecule has 2 atom stereocenters. The molecule has 2 unspecified atom stereocenters. The smallest absolute Gasteiger partial charge is 0.270 e. The first kappa shape index (κ1) is 16.4. The van der Waals surface area contributed by atoms with Crippen LogP contribution in [0.3, 0.4) is 0 Å². The number of nitro benzene ring substituents is 1. The number of halogens is 1. The van der Waals surface area contributed by atoms with E-state index in [4.69, 9.17) is 0 Å². The maximum Gasteiger partial charge on any atom is 0.270 e. The summed E-state index contributed by atoms with van der Waals surface area (Å²) in [6, 6.07) is 5.54. The predicted octanol–water partition coefficient (Wildman–Crippen LogP) is 4.08. The van der Waals surface area contributed by atoms with Crippen LogP contribution in [0.4, 0.5) is 5.69 Å². The summed E-state index contributed by atoms with van der Waals surface area (Å²) in [6.45, 7) is 7.49. The van der Waals surface area contributed by atoms with Crippen LogP contribution in [0.1, 0.15) is 45.1 Å². The second-order valence-corrected chi connectivity index (χ2v) is 5.88. The van der Waals surface area contributed by atoms with Crippen LogP contribution in [0.5, 0.6) is 0 Å². The molecule has 0 aliphatic rings. The highest BCUT2D eigenvalue weighted by Crippen LogP contribution is 2.30. The van der Waals surface area contributed by atoms with Gasteiger partial charge in [0.1, 0.15) is 0 Å². The zero-order valence-corrected chi connectivity index (χ0v) is 13.8. The summed E-state index contributed by atoms with van der Waals surface area (Å²) in [5, 5.41) is 14.3. The lowest BCUT2D eigenvalue weighted by Gasteiger charge is -2.25. The van der Waals surface area contributed by atoms with E-state index in [0.29, 0.717) is 12.0 Å². The third kappa shape index (κ3) is 4.42. The Bertz CT molecular complexity index is 437. The molecule has 5 heteroatoms. The van der Waals surface area contributed by atoms with E-state index < -0.39 is 0 Å². The summed E-state index contributed by atoms with van der Waals surface area (Å²) < 4.78 is 0.976. The van der Waals surface area contributed by atoms with E-state index >= 15 is 0 Å². The Morgan fingerprint density at radius 3 is 2.58 bits per heavy atom. The van der Waals surface area contributed by atoms with Gasteiger partial charge in [0.15, 0.2) is 0 Å². The van der Waals surface area contributed by atoms with Crippen molar-refractivity contribution in [1.82, 2.24) is 5.32 Å². The van der Waals surface area contributed by atoms with Crippen LogP contribution in [0.25, 0.3) is 0 Å². The lowest BCUT2D eigenvalue weighted by molar-refractivity contribution is -0.385. The fourth-order valence-corrected chi connectivity index (χ4v) is 3.19. The first-order chi connectivity index (χ1) is 9.01. The van der Waals surface area contributed by atoms with Gasteiger partial charge in [0.25, 0.3) is 5.69 Å². The minimum atomic E-state index is -0.342. The van der Waals surface area contributed by atoms with Crippen molar-refractivity contribution in [3.8, 4) is 0 Å². The Labute approximate surface area is 128 Å². The molecule has 0 aromatic heterocycles. The topological polar surface area (TPSA) is 55.2 Å². The molecule has 1 rings (SSSR count). The average Bonchev–Trinajstić information content (AvgIpc) is 2.38. The summed E-state index contributed by atoms with van der Waals surface area (Å²) in [6.07, 6.45) is 2.13. The highest BCUT2D eigenvalue weighted by molar-refractivity contribution is 14.1. The maximum atomic E-state index is 10.8. The first-order valence-electron chi connectivity index (χ1n) is 6.68. The molecule has 0 radical (unpaired) electrons. The zero-order chi connectivity index (χ0) is 14.4. The van der Waals surface area contributed by atoms with Gasteiger partial charge in [-0.1, -0.05) is 19.9 Å². The van der Waals surface area contributed by atoms with E-state index in [9.17, 15) is 10.1 Å². The predicted molar refractivity (Wildman–Crippen MR) is 86.6 cm³/mol. The number of benzene rings is 1. The molecule has 106 valence electrons. The molecule has 19 heavy (non-hydrogen) atoms. The molecule has 0 bridgehead atoms. The van der Waals surface area contributed by atoms with Crippen LogP contribution in [0, 0.1) is 13.7 Å². The molecule has 1 aromatic rings. The molecule has 0 saturated heterocycles. The van der Waals surface area contributed by atoms with Crippen LogP contribution >= 0.6 is 22.6 Å². The van der Waals surface area contributed by atoms with E-state index in [1.165, 1.54) is 5.56 Å². The van der Waals surface area contributed by atoms with Crippen LogP contribution in [0.15, 0.2) is 18.2 Å². The molecular formula is C14H21IN2O2. The van der Waals surface area contributed by atoms with Crippen molar-refractivity contribution < 1.29 is 4.92 Å². The van der Waals surface area contributed by atoms with E-state index in [1.807, 2.05) is 6.07 Å². The van der Waals surface area contributed by atoms with Gasteiger partial charge in [0, 0.05) is 21.7 Å². The maximum absolute atomic E-state index is 10.8. The average molecular weight is 376 g/mol. The molecule has 0 saturated carbocycles. The lowest BCUT2D eigenvalue weighted by Crippen LogP contribution is -2.32. The number of nitrogens with one attached hydrogen (secondary N) is 1. The third-order valence-electron chi connectivity index (χ3n) is 3.35.